The molecule has 0 unspecified atom stereocenters. The van der Waals surface area contributed by atoms with E-state index >= 15 is 4.39 Å². The number of hydrogen-bond acceptors (Lipinski definition) is 1. The third-order valence-corrected chi connectivity index (χ3v) is 5.93. The van der Waals surface area contributed by atoms with Gasteiger partial charge in [0.15, 0.2) is 0 Å². The fraction of sp³-hybridized carbons (Fsp3) is 0.156. The Labute approximate surface area is 201 Å². The average Bonchev–Trinajstić information content (AvgIpc) is 2.88. The summed E-state index contributed by atoms with van der Waals surface area (Å²) in [5, 5.41) is 10.4. The fourth-order valence-corrected chi connectivity index (χ4v) is 3.94. The molecule has 2 heteroatoms. The van der Waals surface area contributed by atoms with Crippen molar-refractivity contribution in [3.63, 3.8) is 0 Å². The largest absolute Gasteiger partial charge is 0.205 e. The molecule has 0 aliphatic carbocycles. The van der Waals surface area contributed by atoms with E-state index in [2.05, 4.69) is 67.3 Å². The Morgan fingerprint density at radius 1 is 0.735 bits per heavy atom. The van der Waals surface area contributed by atoms with Crippen molar-refractivity contribution in [2.45, 2.75) is 32.6 Å². The Morgan fingerprint density at radius 2 is 1.38 bits per heavy atom. The van der Waals surface area contributed by atoms with Crippen molar-refractivity contribution in [2.75, 3.05) is 0 Å². The minimum atomic E-state index is -0.293. The molecule has 0 heterocycles. The van der Waals surface area contributed by atoms with E-state index in [1.807, 2.05) is 18.2 Å². The molecular weight excluding hydrogens is 417 g/mol. The Hall–Kier alpha value is -4.14. The summed E-state index contributed by atoms with van der Waals surface area (Å²) in [6.45, 7) is 2.05. The van der Waals surface area contributed by atoms with E-state index in [0.29, 0.717) is 16.5 Å². The number of fused-ring (bicyclic) bond motifs is 1. The maximum absolute atomic E-state index is 15.1. The molecule has 0 atom stereocenters. The number of halogens is 1. The maximum atomic E-state index is 15.1. The van der Waals surface area contributed by atoms with E-state index in [-0.39, 0.29) is 5.82 Å². The van der Waals surface area contributed by atoms with E-state index in [4.69, 9.17) is 5.26 Å². The van der Waals surface area contributed by atoms with Crippen LogP contribution < -0.4 is 0 Å². The maximum Gasteiger partial charge on any atom is 0.146 e. The lowest BCUT2D eigenvalue weighted by molar-refractivity contribution is 0.636. The summed E-state index contributed by atoms with van der Waals surface area (Å²) in [4.78, 5) is 0. The Bertz CT molecular complexity index is 1410. The van der Waals surface area contributed by atoms with Gasteiger partial charge >= 0.3 is 0 Å². The Morgan fingerprint density at radius 3 is 2.09 bits per heavy atom. The lowest BCUT2D eigenvalue weighted by atomic mass is 9.98. The predicted molar refractivity (Wildman–Crippen MR) is 138 cm³/mol. The van der Waals surface area contributed by atoms with Gasteiger partial charge in [-0.1, -0.05) is 72.5 Å². The van der Waals surface area contributed by atoms with Crippen LogP contribution in [0.25, 0.3) is 10.8 Å². The number of benzene rings is 4. The number of rotatable bonds is 6. The van der Waals surface area contributed by atoms with Crippen LogP contribution in [0.2, 0.25) is 0 Å². The van der Waals surface area contributed by atoms with Crippen molar-refractivity contribution in [3.8, 4) is 17.9 Å². The molecule has 4 aromatic rings. The number of hydrogen-bond donors (Lipinski definition) is 0. The highest BCUT2D eigenvalue weighted by atomic mass is 19.1. The predicted octanol–water partition coefficient (Wildman–Crippen LogP) is 7.54. The average molecular weight is 444 g/mol. The molecule has 0 saturated carbocycles. The minimum Gasteiger partial charge on any atom is -0.205 e. The number of allylic oxidation sites excluding steroid dienone is 2. The van der Waals surface area contributed by atoms with Crippen molar-refractivity contribution in [2.24, 2.45) is 0 Å². The summed E-state index contributed by atoms with van der Waals surface area (Å²) < 4.78 is 15.1. The van der Waals surface area contributed by atoms with Gasteiger partial charge in [0.05, 0.1) is 17.2 Å². The number of nitriles is 1. The van der Waals surface area contributed by atoms with Gasteiger partial charge < -0.3 is 0 Å². The molecule has 4 aromatic carbocycles. The molecule has 0 aliphatic heterocycles. The van der Waals surface area contributed by atoms with Crippen molar-refractivity contribution in [1.29, 1.82) is 5.26 Å². The summed E-state index contributed by atoms with van der Waals surface area (Å²) in [6, 6.07) is 27.5. The van der Waals surface area contributed by atoms with Crippen LogP contribution in [0.1, 0.15) is 46.7 Å². The molecule has 34 heavy (non-hydrogen) atoms. The SMILES string of the molecule is C/C=C/CCc1ccc(CCc2ccc3c(F)c(C#Cc4ccc(C#N)cc4)ccc3c2)cc1. The van der Waals surface area contributed by atoms with Crippen LogP contribution in [-0.2, 0) is 19.3 Å². The zero-order valence-corrected chi connectivity index (χ0v) is 19.3. The van der Waals surface area contributed by atoms with Gasteiger partial charge in [-0.25, -0.2) is 4.39 Å². The molecule has 0 bridgehead atoms. The molecular formula is C32H26FN. The van der Waals surface area contributed by atoms with Crippen molar-refractivity contribution < 1.29 is 4.39 Å². The smallest absolute Gasteiger partial charge is 0.146 e. The second kappa shape index (κ2) is 11.1. The quantitative estimate of drug-likeness (QED) is 0.223. The van der Waals surface area contributed by atoms with Gasteiger partial charge in [-0.2, -0.15) is 5.26 Å². The van der Waals surface area contributed by atoms with Gasteiger partial charge in [-0.05, 0) is 85.0 Å². The van der Waals surface area contributed by atoms with Gasteiger partial charge in [0, 0.05) is 10.9 Å². The highest BCUT2D eigenvalue weighted by Gasteiger charge is 2.07. The van der Waals surface area contributed by atoms with Crippen LogP contribution in [0, 0.1) is 29.0 Å². The zero-order chi connectivity index (χ0) is 23.8. The second-order valence-corrected chi connectivity index (χ2v) is 8.35. The first-order valence-corrected chi connectivity index (χ1v) is 11.6. The topological polar surface area (TPSA) is 23.8 Å². The molecule has 0 amide bonds. The summed E-state index contributed by atoms with van der Waals surface area (Å²) in [6.07, 6.45) is 8.30. The number of aryl methyl sites for hydroxylation is 3. The molecule has 0 N–H and O–H groups in total. The second-order valence-electron chi connectivity index (χ2n) is 8.35. The van der Waals surface area contributed by atoms with Crippen LogP contribution in [0.3, 0.4) is 0 Å². The minimum absolute atomic E-state index is 0.293. The Balaban J connectivity index is 1.44. The molecule has 4 rings (SSSR count). The third-order valence-electron chi connectivity index (χ3n) is 5.93. The Kier molecular flexibility index (Phi) is 7.54. The zero-order valence-electron chi connectivity index (χ0n) is 19.3. The van der Waals surface area contributed by atoms with E-state index in [1.54, 1.807) is 30.3 Å². The fourth-order valence-electron chi connectivity index (χ4n) is 3.94. The third kappa shape index (κ3) is 5.80. The standard InChI is InChI=1S/C32H26FN/c1-2-3-4-5-24-6-8-25(9-7-24)10-13-27-17-21-31-30(22-27)20-19-29(32(31)33)18-16-26-11-14-28(23-34)15-12-26/h2-3,6-9,11-12,14-15,17,19-22H,4-5,10,13H2,1H3/b3-2+. The summed E-state index contributed by atoms with van der Waals surface area (Å²) >= 11 is 0. The van der Waals surface area contributed by atoms with Crippen molar-refractivity contribution in [3.05, 3.63) is 130 Å². The van der Waals surface area contributed by atoms with Crippen molar-refractivity contribution in [1.82, 2.24) is 0 Å². The summed E-state index contributed by atoms with van der Waals surface area (Å²) in [5.41, 5.74) is 5.57. The van der Waals surface area contributed by atoms with E-state index in [1.165, 1.54) is 16.7 Å². The molecule has 0 spiro atoms. The van der Waals surface area contributed by atoms with E-state index in [9.17, 15) is 0 Å². The summed E-state index contributed by atoms with van der Waals surface area (Å²) in [5.74, 6) is 5.62. The first kappa shape index (κ1) is 23.0. The van der Waals surface area contributed by atoms with Crippen LogP contribution in [-0.4, -0.2) is 0 Å². The van der Waals surface area contributed by atoms with E-state index in [0.717, 1.165) is 36.6 Å². The monoisotopic (exact) mass is 443 g/mol. The van der Waals surface area contributed by atoms with Gasteiger partial charge in [-0.3, -0.25) is 0 Å². The van der Waals surface area contributed by atoms with Crippen LogP contribution in [0.5, 0.6) is 0 Å². The van der Waals surface area contributed by atoms with E-state index < -0.39 is 0 Å². The molecule has 166 valence electrons. The van der Waals surface area contributed by atoms with Gasteiger partial charge in [0.1, 0.15) is 5.82 Å². The molecule has 0 aromatic heterocycles. The first-order chi connectivity index (χ1) is 16.7. The highest BCUT2D eigenvalue weighted by Crippen LogP contribution is 2.23. The van der Waals surface area contributed by atoms with Crippen LogP contribution in [0.4, 0.5) is 4.39 Å². The van der Waals surface area contributed by atoms with Crippen LogP contribution in [0.15, 0.2) is 91.0 Å². The lowest BCUT2D eigenvalue weighted by Gasteiger charge is -2.07. The van der Waals surface area contributed by atoms with Gasteiger partial charge in [-0.15, -0.1) is 0 Å². The van der Waals surface area contributed by atoms with Crippen LogP contribution >= 0.6 is 0 Å². The van der Waals surface area contributed by atoms with Gasteiger partial charge in [0.2, 0.25) is 0 Å². The molecule has 1 nitrogen and oxygen atoms in total. The molecule has 0 saturated heterocycles. The normalized spacial score (nSPS) is 10.7. The van der Waals surface area contributed by atoms with Gasteiger partial charge in [0.25, 0.3) is 0 Å². The van der Waals surface area contributed by atoms with Crippen molar-refractivity contribution >= 4 is 10.8 Å². The summed E-state index contributed by atoms with van der Waals surface area (Å²) in [7, 11) is 0. The first-order valence-electron chi connectivity index (χ1n) is 11.6. The molecule has 0 radical (unpaired) electrons. The lowest BCUT2D eigenvalue weighted by Crippen LogP contribution is -1.94. The highest BCUT2D eigenvalue weighted by molar-refractivity contribution is 5.85. The number of nitrogens with zero attached hydrogens (tertiary/aromatic N) is 1. The molecule has 0 fully saturated rings. The molecule has 0 aliphatic rings.